The van der Waals surface area contributed by atoms with E-state index in [4.69, 9.17) is 4.74 Å². The van der Waals surface area contributed by atoms with Gasteiger partial charge in [0.2, 0.25) is 0 Å². The minimum absolute atomic E-state index is 0.362. The van der Waals surface area contributed by atoms with Crippen molar-refractivity contribution in [2.45, 2.75) is 6.61 Å². The maximum Gasteiger partial charge on any atom is 0.158 e. The van der Waals surface area contributed by atoms with Gasteiger partial charge in [-0.2, -0.15) is 0 Å². The van der Waals surface area contributed by atoms with Crippen molar-refractivity contribution >= 4 is 49.2 Å². The van der Waals surface area contributed by atoms with Gasteiger partial charge in [0.15, 0.2) is 5.82 Å². The molecule has 5 nitrogen and oxygen atoms in total. The first-order valence-corrected chi connectivity index (χ1v) is 7.48. The van der Waals surface area contributed by atoms with E-state index in [1.54, 1.807) is 7.11 Å². The first-order valence-electron chi connectivity index (χ1n) is 5.89. The maximum absolute atomic E-state index is 5.08. The van der Waals surface area contributed by atoms with Gasteiger partial charge in [-0.25, -0.2) is 9.97 Å². The summed E-state index contributed by atoms with van der Waals surface area (Å²) in [6.07, 6.45) is 0. The zero-order valence-electron chi connectivity index (χ0n) is 11.1. The fourth-order valence-corrected chi connectivity index (χ4v) is 2.82. The third kappa shape index (κ3) is 3.68. The summed E-state index contributed by atoms with van der Waals surface area (Å²) in [4.78, 5) is 8.74. The monoisotopic (exact) mass is 400 g/mol. The highest BCUT2D eigenvalue weighted by Crippen LogP contribution is 2.32. The molecule has 1 aromatic heterocycles. The Bertz CT molecular complexity index is 587. The van der Waals surface area contributed by atoms with E-state index in [1.165, 1.54) is 0 Å². The van der Waals surface area contributed by atoms with Gasteiger partial charge < -0.3 is 15.4 Å². The summed E-state index contributed by atoms with van der Waals surface area (Å²) < 4.78 is 6.98. The van der Waals surface area contributed by atoms with Crippen LogP contribution in [-0.4, -0.2) is 24.1 Å². The van der Waals surface area contributed by atoms with Gasteiger partial charge in [-0.1, -0.05) is 6.07 Å². The Kier molecular flexibility index (Phi) is 5.33. The van der Waals surface area contributed by atoms with Crippen LogP contribution in [0.2, 0.25) is 0 Å². The van der Waals surface area contributed by atoms with Crippen molar-refractivity contribution in [1.29, 1.82) is 0 Å². The molecule has 0 aliphatic rings. The topological polar surface area (TPSA) is 59.1 Å². The molecule has 0 aliphatic carbocycles. The minimum Gasteiger partial charge on any atom is -0.377 e. The smallest absolute Gasteiger partial charge is 0.158 e. The molecular formula is C13H14Br2N4O. The van der Waals surface area contributed by atoms with Crippen molar-refractivity contribution in [3.8, 4) is 0 Å². The van der Waals surface area contributed by atoms with Crippen LogP contribution in [0.25, 0.3) is 0 Å². The third-order valence-corrected chi connectivity index (χ3v) is 3.84. The second kappa shape index (κ2) is 7.01. The Balaban J connectivity index is 2.35. The molecule has 0 atom stereocenters. The highest BCUT2D eigenvalue weighted by Gasteiger charge is 2.08. The number of halogens is 2. The van der Waals surface area contributed by atoms with Crippen LogP contribution in [0.4, 0.5) is 17.3 Å². The van der Waals surface area contributed by atoms with Crippen LogP contribution < -0.4 is 10.6 Å². The number of nitrogens with one attached hydrogen (secondary N) is 2. The van der Waals surface area contributed by atoms with Crippen molar-refractivity contribution in [2.75, 3.05) is 24.8 Å². The van der Waals surface area contributed by atoms with Crippen LogP contribution in [0.15, 0.2) is 33.2 Å². The van der Waals surface area contributed by atoms with Crippen LogP contribution >= 0.6 is 31.9 Å². The zero-order valence-corrected chi connectivity index (χ0v) is 14.2. The highest BCUT2D eigenvalue weighted by molar-refractivity contribution is 9.11. The van der Waals surface area contributed by atoms with Gasteiger partial charge in [0.1, 0.15) is 18.2 Å². The Morgan fingerprint density at radius 2 is 1.80 bits per heavy atom. The Morgan fingerprint density at radius 1 is 1.15 bits per heavy atom. The van der Waals surface area contributed by atoms with Gasteiger partial charge in [-0.05, 0) is 44.0 Å². The number of para-hydroxylation sites is 1. The first-order chi connectivity index (χ1) is 9.63. The normalized spacial score (nSPS) is 10.4. The third-order valence-electron chi connectivity index (χ3n) is 2.52. The van der Waals surface area contributed by atoms with Gasteiger partial charge in [-0.15, -0.1) is 0 Å². The summed E-state index contributed by atoms with van der Waals surface area (Å²) in [5.74, 6) is 2.05. The van der Waals surface area contributed by atoms with Crippen LogP contribution in [0.1, 0.15) is 5.82 Å². The van der Waals surface area contributed by atoms with Crippen LogP contribution in [0, 0.1) is 0 Å². The van der Waals surface area contributed by atoms with Crippen molar-refractivity contribution in [3.05, 3.63) is 39.0 Å². The van der Waals surface area contributed by atoms with Crippen molar-refractivity contribution < 1.29 is 4.74 Å². The van der Waals surface area contributed by atoms with E-state index in [1.807, 2.05) is 31.3 Å². The van der Waals surface area contributed by atoms with E-state index in [2.05, 4.69) is 52.5 Å². The number of rotatable bonds is 5. The van der Waals surface area contributed by atoms with Gasteiger partial charge in [0.05, 0.1) is 5.69 Å². The van der Waals surface area contributed by atoms with Gasteiger partial charge >= 0.3 is 0 Å². The van der Waals surface area contributed by atoms with Crippen molar-refractivity contribution in [3.63, 3.8) is 0 Å². The van der Waals surface area contributed by atoms with E-state index in [-0.39, 0.29) is 0 Å². The molecule has 7 heteroatoms. The fourth-order valence-electron chi connectivity index (χ4n) is 1.63. The fraction of sp³-hybridized carbons (Fsp3) is 0.231. The number of anilines is 3. The number of nitrogens with zero attached hydrogens (tertiary/aromatic N) is 2. The quantitative estimate of drug-likeness (QED) is 0.794. The lowest BCUT2D eigenvalue weighted by Crippen LogP contribution is -2.05. The second-order valence-electron chi connectivity index (χ2n) is 3.96. The molecule has 106 valence electrons. The SMILES string of the molecule is CNc1cc(Nc2c(Br)cccc2Br)nc(COC)n1. The molecule has 2 aromatic rings. The summed E-state index contributed by atoms with van der Waals surface area (Å²) in [5, 5.41) is 6.28. The van der Waals surface area contributed by atoms with E-state index in [0.717, 1.165) is 20.5 Å². The van der Waals surface area contributed by atoms with Crippen molar-refractivity contribution in [1.82, 2.24) is 9.97 Å². The Hall–Kier alpha value is -1.18. The van der Waals surface area contributed by atoms with Gasteiger partial charge in [0, 0.05) is 29.2 Å². The largest absolute Gasteiger partial charge is 0.377 e. The zero-order chi connectivity index (χ0) is 14.5. The molecule has 0 aliphatic heterocycles. The van der Waals surface area contributed by atoms with Crippen LogP contribution in [0.5, 0.6) is 0 Å². The lowest BCUT2D eigenvalue weighted by molar-refractivity contribution is 0.178. The summed E-state index contributed by atoms with van der Waals surface area (Å²) in [6.45, 7) is 0.362. The Labute approximate surface area is 134 Å². The Morgan fingerprint density at radius 3 is 2.40 bits per heavy atom. The number of aromatic nitrogens is 2. The average Bonchev–Trinajstić information content (AvgIpc) is 2.43. The van der Waals surface area contributed by atoms with Gasteiger partial charge in [-0.3, -0.25) is 0 Å². The lowest BCUT2D eigenvalue weighted by Gasteiger charge is -2.12. The lowest BCUT2D eigenvalue weighted by atomic mass is 10.3. The standard InChI is InChI=1S/C13H14Br2N4O/c1-16-10-6-11(18-12(17-10)7-20-2)19-13-8(14)4-3-5-9(13)15/h3-6H,7H2,1-2H3,(H2,16,17,18,19). The molecule has 2 N–H and O–H groups in total. The summed E-state index contributed by atoms with van der Waals surface area (Å²) in [5.41, 5.74) is 0.914. The molecule has 20 heavy (non-hydrogen) atoms. The number of hydrogen-bond acceptors (Lipinski definition) is 5. The van der Waals surface area contributed by atoms with Crippen LogP contribution in [0.3, 0.4) is 0 Å². The first kappa shape index (κ1) is 15.2. The molecule has 1 heterocycles. The number of methoxy groups -OCH3 is 1. The van der Waals surface area contributed by atoms with E-state index in [0.29, 0.717) is 18.2 Å². The summed E-state index contributed by atoms with van der Waals surface area (Å²) in [6, 6.07) is 7.71. The maximum atomic E-state index is 5.08. The molecule has 0 radical (unpaired) electrons. The minimum atomic E-state index is 0.362. The molecule has 0 spiro atoms. The molecule has 2 rings (SSSR count). The molecule has 0 saturated carbocycles. The molecular weight excluding hydrogens is 388 g/mol. The van der Waals surface area contributed by atoms with Gasteiger partial charge in [0.25, 0.3) is 0 Å². The molecule has 0 amide bonds. The number of benzene rings is 1. The molecule has 0 fully saturated rings. The van der Waals surface area contributed by atoms with Crippen LogP contribution in [-0.2, 0) is 11.3 Å². The predicted molar refractivity (Wildman–Crippen MR) is 87.4 cm³/mol. The molecule has 0 unspecified atom stereocenters. The summed E-state index contributed by atoms with van der Waals surface area (Å²) in [7, 11) is 3.43. The van der Waals surface area contributed by atoms with Crippen molar-refractivity contribution in [2.24, 2.45) is 0 Å². The molecule has 1 aromatic carbocycles. The second-order valence-corrected chi connectivity index (χ2v) is 5.67. The summed E-state index contributed by atoms with van der Waals surface area (Å²) >= 11 is 7.03. The number of hydrogen-bond donors (Lipinski definition) is 2. The molecule has 0 bridgehead atoms. The molecule has 0 saturated heterocycles. The van der Waals surface area contributed by atoms with E-state index >= 15 is 0 Å². The van der Waals surface area contributed by atoms with E-state index in [9.17, 15) is 0 Å². The number of ether oxygens (including phenoxy) is 1. The van der Waals surface area contributed by atoms with E-state index < -0.39 is 0 Å². The highest BCUT2D eigenvalue weighted by atomic mass is 79.9. The predicted octanol–water partition coefficient (Wildman–Crippen LogP) is 3.93. The average molecular weight is 402 g/mol.